The van der Waals surface area contributed by atoms with Gasteiger partial charge in [-0.15, -0.1) is 0 Å². The van der Waals surface area contributed by atoms with Crippen LogP contribution in [0.15, 0.2) is 18.2 Å². The Labute approximate surface area is 112 Å². The Morgan fingerprint density at radius 2 is 2.16 bits per heavy atom. The number of nitro groups is 1. The smallest absolute Gasteiger partial charge is 0.270 e. The molecule has 1 aromatic rings. The van der Waals surface area contributed by atoms with Gasteiger partial charge in [0.15, 0.2) is 0 Å². The van der Waals surface area contributed by atoms with Gasteiger partial charge in [-0.3, -0.25) is 15.0 Å². The van der Waals surface area contributed by atoms with E-state index in [1.54, 1.807) is 12.1 Å². The van der Waals surface area contributed by atoms with Crippen molar-refractivity contribution in [2.75, 3.05) is 32.8 Å². The third-order valence-electron chi connectivity index (χ3n) is 3.16. The average molecular weight is 265 g/mol. The first-order valence-electron chi connectivity index (χ1n) is 6.54. The summed E-state index contributed by atoms with van der Waals surface area (Å²) < 4.78 is 5.55. The molecular weight excluding hydrogens is 246 g/mol. The van der Waals surface area contributed by atoms with Crippen LogP contribution in [0, 0.1) is 10.1 Å². The topological polar surface area (TPSA) is 67.6 Å². The summed E-state index contributed by atoms with van der Waals surface area (Å²) >= 11 is 0. The Bertz CT molecular complexity index is 445. The molecule has 0 amide bonds. The molecule has 1 fully saturated rings. The summed E-state index contributed by atoms with van der Waals surface area (Å²) in [4.78, 5) is 12.8. The number of piperazine rings is 1. The van der Waals surface area contributed by atoms with Gasteiger partial charge >= 0.3 is 0 Å². The SMILES string of the molecule is CCOc1ccc([N+](=O)[O-])cc1CN1CCNCC1. The fraction of sp³-hybridized carbons (Fsp3) is 0.538. The largest absolute Gasteiger partial charge is 0.494 e. The van der Waals surface area contributed by atoms with Crippen molar-refractivity contribution >= 4 is 5.69 Å². The van der Waals surface area contributed by atoms with Gasteiger partial charge in [-0.2, -0.15) is 0 Å². The minimum absolute atomic E-state index is 0.119. The summed E-state index contributed by atoms with van der Waals surface area (Å²) in [5, 5.41) is 14.1. The van der Waals surface area contributed by atoms with Crippen molar-refractivity contribution in [1.29, 1.82) is 0 Å². The maximum atomic E-state index is 10.9. The van der Waals surface area contributed by atoms with E-state index in [4.69, 9.17) is 4.74 Å². The highest BCUT2D eigenvalue weighted by Crippen LogP contribution is 2.25. The molecule has 1 heterocycles. The summed E-state index contributed by atoms with van der Waals surface area (Å²) in [6.07, 6.45) is 0. The van der Waals surface area contributed by atoms with Crippen LogP contribution in [0.4, 0.5) is 5.69 Å². The van der Waals surface area contributed by atoms with Gasteiger partial charge in [-0.05, 0) is 13.0 Å². The first kappa shape index (κ1) is 13.8. The summed E-state index contributed by atoms with van der Waals surface area (Å²) in [5.41, 5.74) is 1.01. The van der Waals surface area contributed by atoms with E-state index in [9.17, 15) is 10.1 Å². The lowest BCUT2D eigenvalue weighted by Gasteiger charge is -2.27. The van der Waals surface area contributed by atoms with Crippen LogP contribution in [-0.4, -0.2) is 42.6 Å². The Morgan fingerprint density at radius 1 is 1.42 bits per heavy atom. The second-order valence-corrected chi connectivity index (χ2v) is 4.51. The van der Waals surface area contributed by atoms with E-state index in [1.807, 2.05) is 6.92 Å². The Kier molecular flexibility index (Phi) is 4.70. The quantitative estimate of drug-likeness (QED) is 0.644. The standard InChI is InChI=1S/C13H19N3O3/c1-2-19-13-4-3-12(16(17)18)9-11(13)10-15-7-5-14-6-8-15/h3-4,9,14H,2,5-8,10H2,1H3. The van der Waals surface area contributed by atoms with Gasteiger partial charge in [0.05, 0.1) is 11.5 Å². The van der Waals surface area contributed by atoms with Crippen molar-refractivity contribution in [2.45, 2.75) is 13.5 Å². The molecule has 19 heavy (non-hydrogen) atoms. The maximum Gasteiger partial charge on any atom is 0.270 e. The molecule has 0 bridgehead atoms. The Balaban J connectivity index is 2.18. The number of hydrogen-bond acceptors (Lipinski definition) is 5. The molecule has 104 valence electrons. The fourth-order valence-electron chi connectivity index (χ4n) is 2.21. The molecule has 0 aromatic heterocycles. The highest BCUT2D eigenvalue weighted by Gasteiger charge is 2.16. The lowest BCUT2D eigenvalue weighted by atomic mass is 10.1. The zero-order valence-corrected chi connectivity index (χ0v) is 11.1. The number of non-ortho nitro benzene ring substituents is 1. The van der Waals surface area contributed by atoms with E-state index in [0.29, 0.717) is 13.2 Å². The third-order valence-corrected chi connectivity index (χ3v) is 3.16. The van der Waals surface area contributed by atoms with E-state index >= 15 is 0 Å². The third kappa shape index (κ3) is 3.65. The number of nitro benzene ring substituents is 1. The molecular formula is C13H19N3O3. The molecule has 1 N–H and O–H groups in total. The molecule has 0 atom stereocenters. The molecule has 2 rings (SSSR count). The van der Waals surface area contributed by atoms with Gasteiger partial charge < -0.3 is 10.1 Å². The van der Waals surface area contributed by atoms with Crippen molar-refractivity contribution < 1.29 is 9.66 Å². The van der Waals surface area contributed by atoms with Gasteiger partial charge in [-0.1, -0.05) is 0 Å². The van der Waals surface area contributed by atoms with E-state index < -0.39 is 0 Å². The van der Waals surface area contributed by atoms with Crippen LogP contribution in [0.1, 0.15) is 12.5 Å². The Morgan fingerprint density at radius 3 is 2.79 bits per heavy atom. The summed E-state index contributed by atoms with van der Waals surface area (Å²) in [6, 6.07) is 4.80. The first-order chi connectivity index (χ1) is 9.20. The second kappa shape index (κ2) is 6.49. The molecule has 1 aliphatic rings. The van der Waals surface area contributed by atoms with Crippen molar-refractivity contribution in [1.82, 2.24) is 10.2 Å². The predicted molar refractivity (Wildman–Crippen MR) is 72.4 cm³/mol. The van der Waals surface area contributed by atoms with Crippen LogP contribution < -0.4 is 10.1 Å². The number of rotatable bonds is 5. The molecule has 1 aromatic carbocycles. The summed E-state index contributed by atoms with van der Waals surface area (Å²) in [5.74, 6) is 0.742. The molecule has 0 unspecified atom stereocenters. The first-order valence-corrected chi connectivity index (χ1v) is 6.54. The maximum absolute atomic E-state index is 10.9. The van der Waals surface area contributed by atoms with Crippen molar-refractivity contribution in [2.24, 2.45) is 0 Å². The van der Waals surface area contributed by atoms with Crippen LogP contribution in [0.25, 0.3) is 0 Å². The molecule has 0 radical (unpaired) electrons. The zero-order valence-electron chi connectivity index (χ0n) is 11.1. The number of hydrogen-bond donors (Lipinski definition) is 1. The van der Waals surface area contributed by atoms with E-state index in [0.717, 1.165) is 37.5 Å². The van der Waals surface area contributed by atoms with Crippen molar-refractivity contribution in [3.8, 4) is 5.75 Å². The van der Waals surface area contributed by atoms with Crippen LogP contribution in [-0.2, 0) is 6.54 Å². The minimum atomic E-state index is -0.364. The second-order valence-electron chi connectivity index (χ2n) is 4.51. The van der Waals surface area contributed by atoms with Crippen LogP contribution in [0.2, 0.25) is 0 Å². The number of ether oxygens (including phenoxy) is 1. The van der Waals surface area contributed by atoms with Crippen molar-refractivity contribution in [3.63, 3.8) is 0 Å². The van der Waals surface area contributed by atoms with E-state index in [1.165, 1.54) is 6.07 Å². The fourth-order valence-corrected chi connectivity index (χ4v) is 2.21. The average Bonchev–Trinajstić information content (AvgIpc) is 2.42. The lowest BCUT2D eigenvalue weighted by Crippen LogP contribution is -2.42. The van der Waals surface area contributed by atoms with Crippen LogP contribution in [0.5, 0.6) is 5.75 Å². The van der Waals surface area contributed by atoms with Crippen LogP contribution >= 0.6 is 0 Å². The Hall–Kier alpha value is -1.66. The van der Waals surface area contributed by atoms with Gasteiger partial charge in [0.1, 0.15) is 5.75 Å². The van der Waals surface area contributed by atoms with Gasteiger partial charge in [-0.25, -0.2) is 0 Å². The molecule has 6 heteroatoms. The van der Waals surface area contributed by atoms with Crippen LogP contribution in [0.3, 0.4) is 0 Å². The van der Waals surface area contributed by atoms with Gasteiger partial charge in [0, 0.05) is 50.4 Å². The van der Waals surface area contributed by atoms with Gasteiger partial charge in [0.25, 0.3) is 5.69 Å². The highest BCUT2D eigenvalue weighted by molar-refractivity contribution is 5.43. The van der Waals surface area contributed by atoms with Crippen molar-refractivity contribution in [3.05, 3.63) is 33.9 Å². The monoisotopic (exact) mass is 265 g/mol. The molecule has 0 saturated carbocycles. The normalized spacial score (nSPS) is 16.3. The number of benzene rings is 1. The number of nitrogens with zero attached hydrogens (tertiary/aromatic N) is 2. The van der Waals surface area contributed by atoms with Gasteiger partial charge in [0.2, 0.25) is 0 Å². The van der Waals surface area contributed by atoms with E-state index in [2.05, 4.69) is 10.2 Å². The predicted octanol–water partition coefficient (Wildman–Crippen LogP) is 1.40. The number of nitrogens with one attached hydrogen (secondary N) is 1. The highest BCUT2D eigenvalue weighted by atomic mass is 16.6. The molecule has 1 aliphatic heterocycles. The summed E-state index contributed by atoms with van der Waals surface area (Å²) in [6.45, 7) is 6.99. The summed E-state index contributed by atoms with van der Waals surface area (Å²) in [7, 11) is 0. The minimum Gasteiger partial charge on any atom is -0.494 e. The molecule has 0 spiro atoms. The zero-order chi connectivity index (χ0) is 13.7. The molecule has 1 saturated heterocycles. The molecule has 0 aliphatic carbocycles. The van der Waals surface area contributed by atoms with E-state index in [-0.39, 0.29) is 10.6 Å². The lowest BCUT2D eigenvalue weighted by molar-refractivity contribution is -0.385. The molecule has 6 nitrogen and oxygen atoms in total.